The van der Waals surface area contributed by atoms with Crippen LogP contribution in [0, 0.1) is 5.92 Å². The maximum Gasteiger partial charge on any atom is 0.251 e. The topological polar surface area (TPSA) is 58.6 Å². The molecule has 1 N–H and O–H groups in total. The number of amides is 2. The van der Waals surface area contributed by atoms with E-state index in [1.807, 2.05) is 44.2 Å². The Morgan fingerprint density at radius 2 is 1.65 bits per heavy atom. The standard InChI is InChI=1S/C21H26N2O3/c1-15(2)19(21(25)23(3)14-16-8-6-5-7-9-16)22-20(24)17-10-12-18(26-4)13-11-17/h5-13,15,19H,14H2,1-4H3,(H,22,24). The molecule has 0 aliphatic heterocycles. The molecule has 0 saturated carbocycles. The van der Waals surface area contributed by atoms with Gasteiger partial charge in [-0.1, -0.05) is 44.2 Å². The van der Waals surface area contributed by atoms with Crippen molar-refractivity contribution in [2.45, 2.75) is 26.4 Å². The van der Waals surface area contributed by atoms with Crippen LogP contribution in [0.1, 0.15) is 29.8 Å². The number of carbonyl (C=O) groups excluding carboxylic acids is 2. The lowest BCUT2D eigenvalue weighted by Gasteiger charge is -2.27. The van der Waals surface area contributed by atoms with Crippen LogP contribution >= 0.6 is 0 Å². The lowest BCUT2D eigenvalue weighted by Crippen LogP contribution is -2.50. The minimum Gasteiger partial charge on any atom is -0.497 e. The van der Waals surface area contributed by atoms with Crippen molar-refractivity contribution in [3.63, 3.8) is 0 Å². The smallest absolute Gasteiger partial charge is 0.251 e. The molecular weight excluding hydrogens is 328 g/mol. The van der Waals surface area contributed by atoms with Crippen LogP contribution in [0.3, 0.4) is 0 Å². The molecule has 2 rings (SSSR count). The van der Waals surface area contributed by atoms with E-state index in [-0.39, 0.29) is 17.7 Å². The van der Waals surface area contributed by atoms with Crippen molar-refractivity contribution >= 4 is 11.8 Å². The van der Waals surface area contributed by atoms with Crippen LogP contribution in [0.15, 0.2) is 54.6 Å². The molecular formula is C21H26N2O3. The number of rotatable bonds is 7. The predicted octanol–water partition coefficient (Wildman–Crippen LogP) is 3.11. The largest absolute Gasteiger partial charge is 0.497 e. The molecule has 5 heteroatoms. The highest BCUT2D eigenvalue weighted by atomic mass is 16.5. The summed E-state index contributed by atoms with van der Waals surface area (Å²) >= 11 is 0. The van der Waals surface area contributed by atoms with E-state index in [0.717, 1.165) is 5.56 Å². The Labute approximate surface area is 155 Å². The summed E-state index contributed by atoms with van der Waals surface area (Å²) in [6.45, 7) is 4.35. The minimum absolute atomic E-state index is 0.0251. The first-order valence-electron chi connectivity index (χ1n) is 8.66. The number of hydrogen-bond donors (Lipinski definition) is 1. The third kappa shape index (κ3) is 5.09. The summed E-state index contributed by atoms with van der Waals surface area (Å²) in [4.78, 5) is 27.0. The fraction of sp³-hybridized carbons (Fsp3) is 0.333. The highest BCUT2D eigenvalue weighted by Crippen LogP contribution is 2.13. The molecule has 0 fully saturated rings. The lowest BCUT2D eigenvalue weighted by atomic mass is 10.0. The molecule has 2 amide bonds. The Kier molecular flexibility index (Phi) is 6.78. The number of carbonyl (C=O) groups is 2. The Bertz CT molecular complexity index is 727. The molecule has 1 atom stereocenters. The molecule has 138 valence electrons. The summed E-state index contributed by atoms with van der Waals surface area (Å²) in [5.41, 5.74) is 1.54. The zero-order valence-corrected chi connectivity index (χ0v) is 15.7. The first-order valence-corrected chi connectivity index (χ1v) is 8.66. The van der Waals surface area contributed by atoms with Crippen molar-refractivity contribution in [3.05, 3.63) is 65.7 Å². The normalized spacial score (nSPS) is 11.7. The van der Waals surface area contributed by atoms with Crippen molar-refractivity contribution in [2.24, 2.45) is 5.92 Å². The molecule has 0 spiro atoms. The summed E-state index contributed by atoms with van der Waals surface area (Å²) in [5.74, 6) is 0.280. The Morgan fingerprint density at radius 3 is 2.19 bits per heavy atom. The van der Waals surface area contributed by atoms with E-state index in [9.17, 15) is 9.59 Å². The molecule has 5 nitrogen and oxygen atoms in total. The predicted molar refractivity (Wildman–Crippen MR) is 102 cm³/mol. The van der Waals surface area contributed by atoms with Crippen LogP contribution < -0.4 is 10.1 Å². The van der Waals surface area contributed by atoms with E-state index in [1.165, 1.54) is 0 Å². The Hall–Kier alpha value is -2.82. The summed E-state index contributed by atoms with van der Waals surface area (Å²) in [7, 11) is 3.33. The van der Waals surface area contributed by atoms with Gasteiger partial charge in [-0.3, -0.25) is 9.59 Å². The van der Waals surface area contributed by atoms with Gasteiger partial charge in [0.15, 0.2) is 0 Å². The maximum absolute atomic E-state index is 12.8. The van der Waals surface area contributed by atoms with E-state index in [0.29, 0.717) is 17.9 Å². The van der Waals surface area contributed by atoms with Gasteiger partial charge in [-0.05, 0) is 35.7 Å². The molecule has 0 radical (unpaired) electrons. The number of hydrogen-bond acceptors (Lipinski definition) is 3. The van der Waals surface area contributed by atoms with Gasteiger partial charge in [0, 0.05) is 19.2 Å². The molecule has 0 bridgehead atoms. The third-order valence-corrected chi connectivity index (χ3v) is 4.21. The third-order valence-electron chi connectivity index (χ3n) is 4.21. The van der Waals surface area contributed by atoms with Crippen molar-refractivity contribution in [1.29, 1.82) is 0 Å². The second-order valence-corrected chi connectivity index (χ2v) is 6.60. The van der Waals surface area contributed by atoms with Gasteiger partial charge < -0.3 is 15.0 Å². The van der Waals surface area contributed by atoms with Crippen LogP contribution in [0.5, 0.6) is 5.75 Å². The molecule has 0 heterocycles. The SMILES string of the molecule is COc1ccc(C(=O)NC(C(=O)N(C)Cc2ccccc2)C(C)C)cc1. The number of nitrogens with one attached hydrogen (secondary N) is 1. The minimum atomic E-state index is -0.585. The van der Waals surface area contributed by atoms with E-state index < -0.39 is 6.04 Å². The summed E-state index contributed by atoms with van der Waals surface area (Å²) < 4.78 is 5.10. The summed E-state index contributed by atoms with van der Waals surface area (Å²) in [6, 6.07) is 16.0. The van der Waals surface area contributed by atoms with Crippen molar-refractivity contribution in [1.82, 2.24) is 10.2 Å². The Balaban J connectivity index is 2.06. The van der Waals surface area contributed by atoms with Crippen LogP contribution in [0.2, 0.25) is 0 Å². The van der Waals surface area contributed by atoms with Gasteiger partial charge in [0.25, 0.3) is 5.91 Å². The second-order valence-electron chi connectivity index (χ2n) is 6.60. The average molecular weight is 354 g/mol. The lowest BCUT2D eigenvalue weighted by molar-refractivity contribution is -0.133. The zero-order valence-electron chi connectivity index (χ0n) is 15.7. The molecule has 0 aromatic heterocycles. The summed E-state index contributed by atoms with van der Waals surface area (Å²) in [5, 5.41) is 2.87. The number of ether oxygens (including phenoxy) is 1. The van der Waals surface area contributed by atoms with Crippen molar-refractivity contribution < 1.29 is 14.3 Å². The summed E-state index contributed by atoms with van der Waals surface area (Å²) in [6.07, 6.45) is 0. The number of nitrogens with zero attached hydrogens (tertiary/aromatic N) is 1. The molecule has 0 aliphatic rings. The first-order chi connectivity index (χ1) is 12.4. The van der Waals surface area contributed by atoms with Gasteiger partial charge in [0.2, 0.25) is 5.91 Å². The van der Waals surface area contributed by atoms with Crippen molar-refractivity contribution in [2.75, 3.05) is 14.2 Å². The van der Waals surface area contributed by atoms with E-state index >= 15 is 0 Å². The molecule has 1 unspecified atom stereocenters. The molecule has 2 aromatic carbocycles. The molecule has 0 saturated heterocycles. The highest BCUT2D eigenvalue weighted by molar-refractivity contribution is 5.97. The molecule has 26 heavy (non-hydrogen) atoms. The van der Waals surface area contributed by atoms with E-state index in [2.05, 4.69) is 5.32 Å². The van der Waals surface area contributed by atoms with Crippen molar-refractivity contribution in [3.8, 4) is 5.75 Å². The molecule has 0 aliphatic carbocycles. The van der Waals surface area contributed by atoms with Crippen LogP contribution in [0.25, 0.3) is 0 Å². The first kappa shape index (κ1) is 19.5. The number of likely N-dealkylation sites (N-methyl/N-ethyl adjacent to an activating group) is 1. The van der Waals surface area contributed by atoms with Gasteiger partial charge in [-0.15, -0.1) is 0 Å². The van der Waals surface area contributed by atoms with Crippen LogP contribution in [-0.4, -0.2) is 36.9 Å². The van der Waals surface area contributed by atoms with E-state index in [1.54, 1.807) is 43.3 Å². The molecule has 2 aromatic rings. The monoisotopic (exact) mass is 354 g/mol. The fourth-order valence-corrected chi connectivity index (χ4v) is 2.65. The van der Waals surface area contributed by atoms with E-state index in [4.69, 9.17) is 4.74 Å². The van der Waals surface area contributed by atoms with Gasteiger partial charge in [-0.25, -0.2) is 0 Å². The average Bonchev–Trinajstić information content (AvgIpc) is 2.66. The Morgan fingerprint density at radius 1 is 1.04 bits per heavy atom. The van der Waals surface area contributed by atoms with Gasteiger partial charge in [-0.2, -0.15) is 0 Å². The zero-order chi connectivity index (χ0) is 19.1. The maximum atomic E-state index is 12.8. The van der Waals surface area contributed by atoms with Gasteiger partial charge in [0.05, 0.1) is 7.11 Å². The number of benzene rings is 2. The highest BCUT2D eigenvalue weighted by Gasteiger charge is 2.27. The van der Waals surface area contributed by atoms with Gasteiger partial charge in [0.1, 0.15) is 11.8 Å². The van der Waals surface area contributed by atoms with Crippen LogP contribution in [-0.2, 0) is 11.3 Å². The number of methoxy groups -OCH3 is 1. The quantitative estimate of drug-likeness (QED) is 0.831. The second kappa shape index (κ2) is 9.04. The fourth-order valence-electron chi connectivity index (χ4n) is 2.65. The van der Waals surface area contributed by atoms with Crippen LogP contribution in [0.4, 0.5) is 0 Å². The van der Waals surface area contributed by atoms with Gasteiger partial charge >= 0.3 is 0 Å².